The number of hydrogen-bond donors (Lipinski definition) is 2. The zero-order chi connectivity index (χ0) is 15.5. The van der Waals surface area contributed by atoms with E-state index in [1.54, 1.807) is 12.3 Å². The van der Waals surface area contributed by atoms with E-state index in [0.717, 1.165) is 23.2 Å². The van der Waals surface area contributed by atoms with E-state index in [1.807, 2.05) is 18.2 Å². The Labute approximate surface area is 146 Å². The molecular weight excluding hydrogens is 333 g/mol. The Hall–Kier alpha value is -1.59. The molecule has 0 aliphatic heterocycles. The first-order chi connectivity index (χ1) is 10.7. The molecule has 3 N–H and O–H groups in total. The van der Waals surface area contributed by atoms with E-state index in [-0.39, 0.29) is 25.1 Å². The maximum atomic E-state index is 9.18. The molecule has 0 saturated carbocycles. The zero-order valence-corrected chi connectivity index (χ0v) is 14.1. The normalized spacial score (nSPS) is 12.1. The molecule has 0 fully saturated rings. The van der Waals surface area contributed by atoms with Crippen molar-refractivity contribution in [1.29, 1.82) is 0 Å². The minimum Gasteiger partial charge on any atom is -0.395 e. The number of halogens is 2. The van der Waals surface area contributed by atoms with Gasteiger partial charge in [0.25, 0.3) is 0 Å². The van der Waals surface area contributed by atoms with Gasteiger partial charge in [-0.25, -0.2) is 4.98 Å². The van der Waals surface area contributed by atoms with Crippen molar-refractivity contribution < 1.29 is 5.11 Å². The van der Waals surface area contributed by atoms with Crippen LogP contribution in [0.1, 0.15) is 11.1 Å². The monoisotopic (exact) mass is 351 g/mol. The van der Waals surface area contributed by atoms with Crippen LogP contribution in [0.4, 0.5) is 0 Å². The number of aliphatic hydroxyl groups excluding tert-OH is 1. The molecule has 0 saturated heterocycles. The summed E-state index contributed by atoms with van der Waals surface area (Å²) in [6.45, 7) is 0.708. The lowest BCUT2D eigenvalue weighted by atomic mass is 10.1. The van der Waals surface area contributed by atoms with E-state index in [4.69, 9.17) is 17.3 Å². The third-order valence-corrected chi connectivity index (χ3v) is 3.95. The van der Waals surface area contributed by atoms with Crippen LogP contribution in [0.25, 0.3) is 10.9 Å². The molecule has 1 atom stereocenters. The maximum Gasteiger partial charge on any atom is 0.129 e. The molecule has 2 aromatic heterocycles. The molecule has 3 aromatic rings. The summed E-state index contributed by atoms with van der Waals surface area (Å²) in [6.07, 6.45) is 4.55. The smallest absolute Gasteiger partial charge is 0.129 e. The van der Waals surface area contributed by atoms with Crippen molar-refractivity contribution in [2.45, 2.75) is 19.0 Å². The Balaban J connectivity index is 0.00000192. The van der Waals surface area contributed by atoms with Crippen molar-refractivity contribution in [3.63, 3.8) is 0 Å². The largest absolute Gasteiger partial charge is 0.395 e. The molecule has 0 radical (unpaired) electrons. The van der Waals surface area contributed by atoms with Gasteiger partial charge in [0.1, 0.15) is 5.15 Å². The van der Waals surface area contributed by atoms with Gasteiger partial charge in [-0.15, -0.1) is 12.4 Å². The average Bonchev–Trinajstić information content (AvgIpc) is 2.87. The van der Waals surface area contributed by atoms with E-state index in [1.165, 1.54) is 5.39 Å². The van der Waals surface area contributed by atoms with Gasteiger partial charge in [-0.05, 0) is 29.7 Å². The van der Waals surface area contributed by atoms with Crippen molar-refractivity contribution >= 4 is 34.9 Å². The summed E-state index contributed by atoms with van der Waals surface area (Å²) < 4.78 is 2.18. The SMILES string of the molecule is Cl.NC(CO)Cc1cn(Cc2ccc(Cl)nc2)c2ccccc12. The minimum absolute atomic E-state index is 0. The number of nitrogens with zero attached hydrogens (tertiary/aromatic N) is 2. The fourth-order valence-electron chi connectivity index (χ4n) is 2.66. The Kier molecular flexibility index (Phi) is 6.02. The summed E-state index contributed by atoms with van der Waals surface area (Å²) >= 11 is 5.83. The summed E-state index contributed by atoms with van der Waals surface area (Å²) in [4.78, 5) is 4.12. The molecular formula is C17H19Cl2N3O. The van der Waals surface area contributed by atoms with Gasteiger partial charge < -0.3 is 15.4 Å². The van der Waals surface area contributed by atoms with Crippen LogP contribution in [0.2, 0.25) is 5.15 Å². The van der Waals surface area contributed by atoms with Gasteiger partial charge >= 0.3 is 0 Å². The summed E-state index contributed by atoms with van der Waals surface area (Å²) in [7, 11) is 0. The van der Waals surface area contributed by atoms with Crippen molar-refractivity contribution in [2.75, 3.05) is 6.61 Å². The predicted octanol–water partition coefficient (Wildman–Crippen LogP) is 3.02. The molecule has 6 heteroatoms. The number of aliphatic hydroxyl groups is 1. The maximum absolute atomic E-state index is 9.18. The highest BCUT2D eigenvalue weighted by molar-refractivity contribution is 6.29. The number of para-hydroxylation sites is 1. The standard InChI is InChI=1S/C17H18ClN3O.ClH/c18-17-6-5-12(8-20-17)9-21-10-13(7-14(19)11-22)15-3-1-2-4-16(15)21;/h1-6,8,10,14,22H,7,9,11,19H2;1H. The van der Waals surface area contributed by atoms with Crippen LogP contribution in [0, 0.1) is 0 Å². The van der Waals surface area contributed by atoms with Gasteiger partial charge in [-0.1, -0.05) is 35.9 Å². The molecule has 0 aliphatic rings. The highest BCUT2D eigenvalue weighted by Crippen LogP contribution is 2.23. The summed E-state index contributed by atoms with van der Waals surface area (Å²) in [5.41, 5.74) is 9.28. The van der Waals surface area contributed by atoms with Gasteiger partial charge in [0.2, 0.25) is 0 Å². The molecule has 2 heterocycles. The molecule has 23 heavy (non-hydrogen) atoms. The van der Waals surface area contributed by atoms with Crippen LogP contribution in [0.15, 0.2) is 48.8 Å². The molecule has 1 aromatic carbocycles. The summed E-state index contributed by atoms with van der Waals surface area (Å²) in [6, 6.07) is 11.8. The second-order valence-electron chi connectivity index (χ2n) is 5.44. The fourth-order valence-corrected chi connectivity index (χ4v) is 2.77. The van der Waals surface area contributed by atoms with Gasteiger partial charge in [0, 0.05) is 35.9 Å². The number of aromatic nitrogens is 2. The van der Waals surface area contributed by atoms with Gasteiger partial charge in [-0.2, -0.15) is 0 Å². The van der Waals surface area contributed by atoms with Gasteiger partial charge in [0.05, 0.1) is 6.61 Å². The van der Waals surface area contributed by atoms with E-state index in [0.29, 0.717) is 11.6 Å². The molecule has 0 aliphatic carbocycles. The lowest BCUT2D eigenvalue weighted by Gasteiger charge is -2.06. The van der Waals surface area contributed by atoms with Crippen molar-refractivity contribution in [3.8, 4) is 0 Å². The van der Waals surface area contributed by atoms with Crippen LogP contribution in [-0.4, -0.2) is 27.3 Å². The first kappa shape index (κ1) is 17.8. The number of hydrogen-bond acceptors (Lipinski definition) is 3. The quantitative estimate of drug-likeness (QED) is 0.694. The molecule has 0 amide bonds. The fraction of sp³-hybridized carbons (Fsp3) is 0.235. The molecule has 0 spiro atoms. The third-order valence-electron chi connectivity index (χ3n) is 3.73. The van der Waals surface area contributed by atoms with Crippen molar-refractivity contribution in [1.82, 2.24) is 9.55 Å². The molecule has 0 bridgehead atoms. The Morgan fingerprint density at radius 3 is 2.70 bits per heavy atom. The second-order valence-corrected chi connectivity index (χ2v) is 5.82. The van der Waals surface area contributed by atoms with Crippen LogP contribution in [0.5, 0.6) is 0 Å². The number of pyridine rings is 1. The first-order valence-electron chi connectivity index (χ1n) is 7.21. The molecule has 4 nitrogen and oxygen atoms in total. The van der Waals surface area contributed by atoms with Crippen LogP contribution in [0.3, 0.4) is 0 Å². The lowest BCUT2D eigenvalue weighted by molar-refractivity contribution is 0.265. The average molecular weight is 352 g/mol. The number of fused-ring (bicyclic) bond motifs is 1. The van der Waals surface area contributed by atoms with E-state index >= 15 is 0 Å². The topological polar surface area (TPSA) is 64.1 Å². The molecule has 1 unspecified atom stereocenters. The van der Waals surface area contributed by atoms with E-state index in [9.17, 15) is 5.11 Å². The van der Waals surface area contributed by atoms with E-state index < -0.39 is 0 Å². The Bertz CT molecular complexity index is 771. The highest BCUT2D eigenvalue weighted by Gasteiger charge is 2.11. The van der Waals surface area contributed by atoms with Crippen LogP contribution >= 0.6 is 24.0 Å². The number of benzene rings is 1. The second kappa shape index (κ2) is 7.79. The first-order valence-corrected chi connectivity index (χ1v) is 7.59. The van der Waals surface area contributed by atoms with Crippen molar-refractivity contribution in [3.05, 3.63) is 65.1 Å². The Morgan fingerprint density at radius 2 is 2.00 bits per heavy atom. The number of rotatable bonds is 5. The molecule has 122 valence electrons. The van der Waals surface area contributed by atoms with Gasteiger partial charge in [-0.3, -0.25) is 0 Å². The zero-order valence-electron chi connectivity index (χ0n) is 12.5. The highest BCUT2D eigenvalue weighted by atomic mass is 35.5. The van der Waals surface area contributed by atoms with Gasteiger partial charge in [0.15, 0.2) is 0 Å². The summed E-state index contributed by atoms with van der Waals surface area (Å²) in [5, 5.41) is 10.9. The Morgan fingerprint density at radius 1 is 1.22 bits per heavy atom. The van der Waals surface area contributed by atoms with Crippen molar-refractivity contribution in [2.24, 2.45) is 5.73 Å². The predicted molar refractivity (Wildman–Crippen MR) is 96.3 cm³/mol. The van der Waals surface area contributed by atoms with Crippen LogP contribution in [-0.2, 0) is 13.0 Å². The number of nitrogens with two attached hydrogens (primary N) is 1. The van der Waals surface area contributed by atoms with Crippen LogP contribution < -0.4 is 5.73 Å². The lowest BCUT2D eigenvalue weighted by Crippen LogP contribution is -2.26. The minimum atomic E-state index is -0.239. The van der Waals surface area contributed by atoms with E-state index in [2.05, 4.69) is 27.9 Å². The third kappa shape index (κ3) is 4.03. The summed E-state index contributed by atoms with van der Waals surface area (Å²) in [5.74, 6) is 0. The molecule has 3 rings (SSSR count).